The lowest BCUT2D eigenvalue weighted by Gasteiger charge is -2.11. The minimum Gasteiger partial charge on any atom is -0.497 e. The summed E-state index contributed by atoms with van der Waals surface area (Å²) in [4.78, 5) is 31.9. The van der Waals surface area contributed by atoms with Gasteiger partial charge in [-0.25, -0.2) is 9.78 Å². The Morgan fingerprint density at radius 2 is 2.07 bits per heavy atom. The van der Waals surface area contributed by atoms with Crippen LogP contribution in [-0.2, 0) is 19.4 Å². The molecule has 0 aliphatic heterocycles. The molecular formula is C21H18N2O4S. The van der Waals surface area contributed by atoms with Crippen LogP contribution in [0.1, 0.15) is 28.8 Å². The lowest BCUT2D eigenvalue weighted by Crippen LogP contribution is -2.22. The molecule has 1 aliphatic carbocycles. The van der Waals surface area contributed by atoms with Gasteiger partial charge in [0, 0.05) is 22.4 Å². The zero-order valence-corrected chi connectivity index (χ0v) is 16.2. The molecule has 0 radical (unpaired) electrons. The highest BCUT2D eigenvalue weighted by Crippen LogP contribution is 2.33. The first kappa shape index (κ1) is 17.2. The van der Waals surface area contributed by atoms with Gasteiger partial charge in [0.1, 0.15) is 16.2 Å². The molecule has 3 heterocycles. The molecule has 0 atom stereocenters. The number of methoxy groups -OCH3 is 1. The minimum absolute atomic E-state index is 0.0423. The molecule has 142 valence electrons. The van der Waals surface area contributed by atoms with Crippen LogP contribution in [0.15, 0.2) is 44.6 Å². The quantitative estimate of drug-likeness (QED) is 0.497. The van der Waals surface area contributed by atoms with Gasteiger partial charge in [-0.05, 0) is 48.9 Å². The molecule has 0 saturated heterocycles. The van der Waals surface area contributed by atoms with Gasteiger partial charge < -0.3 is 9.15 Å². The Balaban J connectivity index is 1.65. The summed E-state index contributed by atoms with van der Waals surface area (Å²) < 4.78 is 12.1. The first-order chi connectivity index (χ1) is 13.6. The standard InChI is InChI=1S/C21H18N2O4S/c1-26-13-6-7-14-12(8-18(24)27-16(14)9-13)10-23-11-22-20-19(21(23)25)15-4-2-3-5-17(15)28-20/h6-9,11H,2-5,10H2,1H3. The van der Waals surface area contributed by atoms with Crippen LogP contribution in [0, 0.1) is 0 Å². The van der Waals surface area contributed by atoms with Gasteiger partial charge in [0.25, 0.3) is 5.56 Å². The van der Waals surface area contributed by atoms with E-state index in [1.165, 1.54) is 22.9 Å². The highest BCUT2D eigenvalue weighted by molar-refractivity contribution is 7.18. The van der Waals surface area contributed by atoms with E-state index in [2.05, 4.69) is 4.98 Å². The van der Waals surface area contributed by atoms with Crippen molar-refractivity contribution in [1.29, 1.82) is 0 Å². The number of hydrogen-bond donors (Lipinski definition) is 0. The van der Waals surface area contributed by atoms with Crippen LogP contribution in [0.4, 0.5) is 0 Å². The molecule has 28 heavy (non-hydrogen) atoms. The molecule has 0 unspecified atom stereocenters. The van der Waals surface area contributed by atoms with E-state index in [1.807, 2.05) is 12.1 Å². The Bertz CT molecular complexity index is 1330. The SMILES string of the molecule is COc1ccc2c(Cn3cnc4sc5c(c4c3=O)CCCC5)cc(=O)oc2c1. The summed E-state index contributed by atoms with van der Waals surface area (Å²) >= 11 is 1.63. The predicted octanol–water partition coefficient (Wildman–Crippen LogP) is 3.50. The van der Waals surface area contributed by atoms with Gasteiger partial charge in [-0.2, -0.15) is 0 Å². The molecular weight excluding hydrogens is 376 g/mol. The molecule has 5 rings (SSSR count). The molecule has 0 spiro atoms. The minimum atomic E-state index is -0.453. The van der Waals surface area contributed by atoms with Crippen LogP contribution in [-0.4, -0.2) is 16.7 Å². The van der Waals surface area contributed by atoms with Crippen LogP contribution >= 0.6 is 11.3 Å². The van der Waals surface area contributed by atoms with Gasteiger partial charge in [-0.15, -0.1) is 11.3 Å². The lowest BCUT2D eigenvalue weighted by atomic mass is 9.97. The van der Waals surface area contributed by atoms with Gasteiger partial charge in [-0.1, -0.05) is 0 Å². The predicted molar refractivity (Wildman–Crippen MR) is 109 cm³/mol. The van der Waals surface area contributed by atoms with Crippen LogP contribution in [0.25, 0.3) is 21.2 Å². The number of aromatic nitrogens is 2. The van der Waals surface area contributed by atoms with Gasteiger partial charge in [0.2, 0.25) is 0 Å². The van der Waals surface area contributed by atoms with Crippen molar-refractivity contribution in [3.63, 3.8) is 0 Å². The van der Waals surface area contributed by atoms with Crippen molar-refractivity contribution >= 4 is 32.5 Å². The number of ether oxygens (including phenoxy) is 1. The normalized spacial score (nSPS) is 13.8. The fraction of sp³-hybridized carbons (Fsp3) is 0.286. The Hall–Kier alpha value is -2.93. The van der Waals surface area contributed by atoms with E-state index in [9.17, 15) is 9.59 Å². The van der Waals surface area contributed by atoms with E-state index in [0.29, 0.717) is 11.3 Å². The van der Waals surface area contributed by atoms with Crippen molar-refractivity contribution in [3.8, 4) is 5.75 Å². The summed E-state index contributed by atoms with van der Waals surface area (Å²) in [7, 11) is 1.56. The topological polar surface area (TPSA) is 74.3 Å². The Morgan fingerprint density at radius 3 is 2.93 bits per heavy atom. The summed E-state index contributed by atoms with van der Waals surface area (Å²) in [5.41, 5.74) is 1.84. The Kier molecular flexibility index (Phi) is 4.05. The number of fused-ring (bicyclic) bond motifs is 4. The van der Waals surface area contributed by atoms with Gasteiger partial charge in [0.15, 0.2) is 0 Å². The monoisotopic (exact) mass is 394 g/mol. The number of benzene rings is 1. The maximum absolute atomic E-state index is 13.2. The molecule has 0 amide bonds. The Labute approximate surface area is 164 Å². The summed E-state index contributed by atoms with van der Waals surface area (Å²) in [5.74, 6) is 0.609. The summed E-state index contributed by atoms with van der Waals surface area (Å²) in [6.45, 7) is 0.265. The molecule has 1 aromatic carbocycles. The van der Waals surface area contributed by atoms with E-state index in [0.717, 1.165) is 40.4 Å². The largest absolute Gasteiger partial charge is 0.497 e. The van der Waals surface area contributed by atoms with E-state index in [4.69, 9.17) is 9.15 Å². The molecule has 0 saturated carbocycles. The van der Waals surface area contributed by atoms with Gasteiger partial charge in [0.05, 0.1) is 25.4 Å². The average Bonchev–Trinajstić information content (AvgIpc) is 3.08. The van der Waals surface area contributed by atoms with Crippen molar-refractivity contribution in [2.24, 2.45) is 0 Å². The summed E-state index contributed by atoms with van der Waals surface area (Å²) in [5, 5.41) is 1.52. The molecule has 1 aliphatic rings. The maximum atomic E-state index is 13.2. The maximum Gasteiger partial charge on any atom is 0.336 e. The summed E-state index contributed by atoms with van der Waals surface area (Å²) in [6.07, 6.45) is 5.83. The second-order valence-corrected chi connectivity index (χ2v) is 8.11. The molecule has 7 heteroatoms. The van der Waals surface area contributed by atoms with E-state index in [1.54, 1.807) is 35.4 Å². The second-order valence-electron chi connectivity index (χ2n) is 7.02. The number of thiophene rings is 1. The Morgan fingerprint density at radius 1 is 1.21 bits per heavy atom. The fourth-order valence-corrected chi connectivity index (χ4v) is 5.16. The third kappa shape index (κ3) is 2.74. The number of nitrogens with zero attached hydrogens (tertiary/aromatic N) is 2. The highest BCUT2D eigenvalue weighted by Gasteiger charge is 2.20. The second kappa shape index (κ2) is 6.60. The van der Waals surface area contributed by atoms with Crippen molar-refractivity contribution in [3.05, 3.63) is 67.4 Å². The van der Waals surface area contributed by atoms with Crippen molar-refractivity contribution in [2.45, 2.75) is 32.2 Å². The van der Waals surface area contributed by atoms with Crippen molar-refractivity contribution < 1.29 is 9.15 Å². The van der Waals surface area contributed by atoms with Gasteiger partial charge >= 0.3 is 5.63 Å². The third-order valence-corrected chi connectivity index (χ3v) is 6.52. The van der Waals surface area contributed by atoms with Crippen molar-refractivity contribution in [1.82, 2.24) is 9.55 Å². The van der Waals surface area contributed by atoms with E-state index >= 15 is 0 Å². The molecule has 4 aromatic rings. The van der Waals surface area contributed by atoms with Crippen LogP contribution in [0.3, 0.4) is 0 Å². The first-order valence-electron chi connectivity index (χ1n) is 9.24. The third-order valence-electron chi connectivity index (χ3n) is 5.32. The van der Waals surface area contributed by atoms with Crippen LogP contribution in [0.5, 0.6) is 5.75 Å². The molecule has 3 aromatic heterocycles. The average molecular weight is 394 g/mol. The fourth-order valence-electron chi connectivity index (χ4n) is 3.95. The molecule has 0 fully saturated rings. The van der Waals surface area contributed by atoms with Crippen LogP contribution < -0.4 is 15.9 Å². The smallest absolute Gasteiger partial charge is 0.336 e. The van der Waals surface area contributed by atoms with Gasteiger partial charge in [-0.3, -0.25) is 9.36 Å². The molecule has 6 nitrogen and oxygen atoms in total. The molecule has 0 N–H and O–H groups in total. The first-order valence-corrected chi connectivity index (χ1v) is 10.1. The van der Waals surface area contributed by atoms with Crippen molar-refractivity contribution in [2.75, 3.05) is 7.11 Å². The lowest BCUT2D eigenvalue weighted by molar-refractivity contribution is 0.414. The van der Waals surface area contributed by atoms with E-state index in [-0.39, 0.29) is 12.1 Å². The highest BCUT2D eigenvalue weighted by atomic mass is 32.1. The van der Waals surface area contributed by atoms with E-state index < -0.39 is 5.63 Å². The van der Waals surface area contributed by atoms with Crippen LogP contribution in [0.2, 0.25) is 0 Å². The summed E-state index contributed by atoms with van der Waals surface area (Å²) in [6, 6.07) is 6.77. The number of rotatable bonds is 3. The zero-order chi connectivity index (χ0) is 19.3. The number of hydrogen-bond acceptors (Lipinski definition) is 6. The zero-order valence-electron chi connectivity index (χ0n) is 15.4. The number of aryl methyl sites for hydroxylation is 2. The molecule has 0 bridgehead atoms.